The van der Waals surface area contributed by atoms with Crippen LogP contribution in [0, 0.1) is 0 Å². The maximum Gasteiger partial charge on any atom is 0.266 e. The Hall–Kier alpha value is 0.220. The summed E-state index contributed by atoms with van der Waals surface area (Å²) in [5.41, 5.74) is 0. The molecule has 0 rings (SSSR count). The highest BCUT2D eigenvalue weighted by atomic mass is 32.2. The van der Waals surface area contributed by atoms with Gasteiger partial charge in [-0.05, 0) is 0 Å². The standard InChI is InChI=1S/C2H7NO3S2/c4-8(5,6)2-1-3-7/h3,7H,1-2H2,(H,4,5,6). The van der Waals surface area contributed by atoms with Crippen LogP contribution < -0.4 is 4.72 Å². The molecule has 4 nitrogen and oxygen atoms in total. The van der Waals surface area contributed by atoms with E-state index in [0.717, 1.165) is 0 Å². The Kier molecular flexibility index (Phi) is 3.38. The number of nitrogens with one attached hydrogen (secondary N) is 1. The van der Waals surface area contributed by atoms with Crippen molar-refractivity contribution in [2.45, 2.75) is 0 Å². The van der Waals surface area contributed by atoms with Gasteiger partial charge in [0.15, 0.2) is 0 Å². The van der Waals surface area contributed by atoms with Crippen LogP contribution in [0.1, 0.15) is 0 Å². The summed E-state index contributed by atoms with van der Waals surface area (Å²) in [6.07, 6.45) is 0. The van der Waals surface area contributed by atoms with Gasteiger partial charge in [-0.25, -0.2) is 0 Å². The summed E-state index contributed by atoms with van der Waals surface area (Å²) >= 11 is 3.51. The highest BCUT2D eigenvalue weighted by molar-refractivity contribution is 7.85. The van der Waals surface area contributed by atoms with Crippen LogP contribution >= 0.6 is 12.8 Å². The normalized spacial score (nSPS) is 11.8. The van der Waals surface area contributed by atoms with Gasteiger partial charge in [-0.2, -0.15) is 8.42 Å². The van der Waals surface area contributed by atoms with E-state index in [1.54, 1.807) is 0 Å². The second kappa shape index (κ2) is 3.29. The molecule has 6 heteroatoms. The quantitative estimate of drug-likeness (QED) is 0.375. The number of hydrogen-bond donors (Lipinski definition) is 3. The molecule has 50 valence electrons. The summed E-state index contributed by atoms with van der Waals surface area (Å²) < 4.78 is 30.1. The summed E-state index contributed by atoms with van der Waals surface area (Å²) in [5, 5.41) is 0. The van der Waals surface area contributed by atoms with Crippen molar-refractivity contribution in [2.75, 3.05) is 12.3 Å². The van der Waals surface area contributed by atoms with E-state index in [1.807, 2.05) is 0 Å². The molecular formula is C2H7NO3S2. The third-order valence-electron chi connectivity index (χ3n) is 0.472. The first-order chi connectivity index (χ1) is 3.56. The molecule has 0 spiro atoms. The maximum absolute atomic E-state index is 9.87. The van der Waals surface area contributed by atoms with Crippen molar-refractivity contribution in [2.24, 2.45) is 0 Å². The number of rotatable bonds is 3. The van der Waals surface area contributed by atoms with Crippen molar-refractivity contribution in [3.05, 3.63) is 0 Å². The fourth-order valence-corrected chi connectivity index (χ4v) is 0.798. The second-order valence-corrected chi connectivity index (χ2v) is 3.08. The van der Waals surface area contributed by atoms with Crippen LogP contribution in [0.2, 0.25) is 0 Å². The van der Waals surface area contributed by atoms with Crippen LogP contribution in [0.25, 0.3) is 0 Å². The Morgan fingerprint density at radius 3 is 2.25 bits per heavy atom. The van der Waals surface area contributed by atoms with Gasteiger partial charge in [0.25, 0.3) is 10.1 Å². The Labute approximate surface area is 53.6 Å². The third kappa shape index (κ3) is 6.22. The van der Waals surface area contributed by atoms with Crippen molar-refractivity contribution in [3.8, 4) is 0 Å². The van der Waals surface area contributed by atoms with Gasteiger partial charge in [0.05, 0.1) is 5.75 Å². The zero-order valence-corrected chi connectivity index (χ0v) is 5.74. The minimum Gasteiger partial charge on any atom is -0.286 e. The number of thiol groups is 1. The lowest BCUT2D eigenvalue weighted by molar-refractivity contribution is 0.483. The molecule has 0 aromatic carbocycles. The molecule has 0 unspecified atom stereocenters. The van der Waals surface area contributed by atoms with Gasteiger partial charge in [0.2, 0.25) is 0 Å². The van der Waals surface area contributed by atoms with Crippen molar-refractivity contribution in [1.82, 2.24) is 4.72 Å². The van der Waals surface area contributed by atoms with E-state index in [-0.39, 0.29) is 12.3 Å². The Balaban J connectivity index is 3.42. The summed E-state index contributed by atoms with van der Waals surface area (Å²) in [4.78, 5) is 0. The Morgan fingerprint density at radius 2 is 2.12 bits per heavy atom. The van der Waals surface area contributed by atoms with Crippen molar-refractivity contribution >= 4 is 22.9 Å². The van der Waals surface area contributed by atoms with E-state index in [4.69, 9.17) is 4.55 Å². The SMILES string of the molecule is O=S(=O)(O)CCNS. The zero-order chi connectivity index (χ0) is 6.62. The van der Waals surface area contributed by atoms with Crippen LogP contribution in [-0.4, -0.2) is 25.3 Å². The first kappa shape index (κ1) is 8.22. The van der Waals surface area contributed by atoms with Crippen LogP contribution in [0.5, 0.6) is 0 Å². The van der Waals surface area contributed by atoms with Crippen LogP contribution in [0.15, 0.2) is 0 Å². The molecule has 8 heavy (non-hydrogen) atoms. The van der Waals surface area contributed by atoms with Gasteiger partial charge in [-0.1, -0.05) is 12.8 Å². The van der Waals surface area contributed by atoms with Gasteiger partial charge in [-0.15, -0.1) is 0 Å². The molecule has 0 aromatic rings. The van der Waals surface area contributed by atoms with E-state index >= 15 is 0 Å². The van der Waals surface area contributed by atoms with E-state index in [2.05, 4.69) is 17.5 Å². The van der Waals surface area contributed by atoms with Crippen molar-refractivity contribution in [1.29, 1.82) is 0 Å². The van der Waals surface area contributed by atoms with E-state index in [0.29, 0.717) is 0 Å². The van der Waals surface area contributed by atoms with Gasteiger partial charge < -0.3 is 0 Å². The molecule has 0 bridgehead atoms. The average Bonchev–Trinajstić information content (AvgIpc) is 1.59. The molecule has 0 fully saturated rings. The highest BCUT2D eigenvalue weighted by Crippen LogP contribution is 1.77. The molecule has 0 heterocycles. The molecule has 2 N–H and O–H groups in total. The molecule has 0 amide bonds. The average molecular weight is 157 g/mol. The van der Waals surface area contributed by atoms with E-state index in [9.17, 15) is 8.42 Å². The van der Waals surface area contributed by atoms with Crippen molar-refractivity contribution in [3.63, 3.8) is 0 Å². The predicted molar refractivity (Wildman–Crippen MR) is 33.4 cm³/mol. The van der Waals surface area contributed by atoms with Gasteiger partial charge in [0.1, 0.15) is 0 Å². The maximum atomic E-state index is 9.87. The van der Waals surface area contributed by atoms with Crippen LogP contribution in [0.4, 0.5) is 0 Å². The van der Waals surface area contributed by atoms with Crippen molar-refractivity contribution < 1.29 is 13.0 Å². The molecule has 0 atom stereocenters. The monoisotopic (exact) mass is 157 g/mol. The molecule has 0 aromatic heterocycles. The summed E-state index contributed by atoms with van der Waals surface area (Å²) in [7, 11) is -3.80. The van der Waals surface area contributed by atoms with Crippen LogP contribution in [0.3, 0.4) is 0 Å². The summed E-state index contributed by atoms with van der Waals surface area (Å²) in [6.45, 7) is 0.155. The molecule has 0 aliphatic rings. The first-order valence-electron chi connectivity index (χ1n) is 1.88. The summed E-state index contributed by atoms with van der Waals surface area (Å²) in [6, 6.07) is 0. The molecule has 0 aliphatic heterocycles. The summed E-state index contributed by atoms with van der Waals surface area (Å²) in [5.74, 6) is -0.295. The van der Waals surface area contributed by atoms with Crippen LogP contribution in [-0.2, 0) is 10.1 Å². The zero-order valence-electron chi connectivity index (χ0n) is 4.03. The lowest BCUT2D eigenvalue weighted by Crippen LogP contribution is -2.14. The first-order valence-corrected chi connectivity index (χ1v) is 3.94. The van der Waals surface area contributed by atoms with E-state index < -0.39 is 10.1 Å². The predicted octanol–water partition coefficient (Wildman–Crippen LogP) is -0.691. The molecule has 0 saturated heterocycles. The molecule has 0 radical (unpaired) electrons. The van der Waals surface area contributed by atoms with Gasteiger partial charge >= 0.3 is 0 Å². The smallest absolute Gasteiger partial charge is 0.266 e. The molecular weight excluding hydrogens is 150 g/mol. The number of hydrogen-bond acceptors (Lipinski definition) is 4. The van der Waals surface area contributed by atoms with Gasteiger partial charge in [-0.3, -0.25) is 9.27 Å². The van der Waals surface area contributed by atoms with Gasteiger partial charge in [0, 0.05) is 6.54 Å². The minimum atomic E-state index is -3.80. The molecule has 0 saturated carbocycles. The lowest BCUT2D eigenvalue weighted by Gasteiger charge is -1.91. The fourth-order valence-electron chi connectivity index (χ4n) is 0.175. The third-order valence-corrected chi connectivity index (χ3v) is 1.42. The minimum absolute atomic E-state index is 0.155. The second-order valence-electron chi connectivity index (χ2n) is 1.19. The topological polar surface area (TPSA) is 66.4 Å². The Bertz CT molecular complexity index is 139. The molecule has 0 aliphatic carbocycles. The fraction of sp³-hybridized carbons (Fsp3) is 1.00. The Morgan fingerprint density at radius 1 is 1.62 bits per heavy atom. The lowest BCUT2D eigenvalue weighted by atomic mass is 10.8. The largest absolute Gasteiger partial charge is 0.286 e. The van der Waals surface area contributed by atoms with E-state index in [1.165, 1.54) is 0 Å². The highest BCUT2D eigenvalue weighted by Gasteiger charge is 2.00.